The van der Waals surface area contributed by atoms with Gasteiger partial charge in [0.1, 0.15) is 5.52 Å². The van der Waals surface area contributed by atoms with Crippen molar-refractivity contribution in [3.8, 4) is 0 Å². The summed E-state index contributed by atoms with van der Waals surface area (Å²) in [5.74, 6) is 0. The van der Waals surface area contributed by atoms with Crippen LogP contribution in [0.2, 0.25) is 0 Å². The summed E-state index contributed by atoms with van der Waals surface area (Å²) in [5.41, 5.74) is 3.94. The molecule has 1 aliphatic heterocycles. The number of hydrogen-bond donors (Lipinski definition) is 1. The molecule has 7 heteroatoms. The number of benzene rings is 2. The number of fused-ring (bicyclic) bond motifs is 1. The molecule has 0 amide bonds. The van der Waals surface area contributed by atoms with Crippen molar-refractivity contribution in [2.24, 2.45) is 0 Å². The third-order valence-electron chi connectivity index (χ3n) is 4.83. The molecule has 140 valence electrons. The topological polar surface area (TPSA) is 75.2 Å². The van der Waals surface area contributed by atoms with Gasteiger partial charge >= 0.3 is 0 Å². The first-order chi connectivity index (χ1) is 13.0. The van der Waals surface area contributed by atoms with E-state index in [9.17, 15) is 8.42 Å². The van der Waals surface area contributed by atoms with Crippen molar-refractivity contribution in [2.45, 2.75) is 31.1 Å². The van der Waals surface area contributed by atoms with E-state index in [4.69, 9.17) is 0 Å². The van der Waals surface area contributed by atoms with Crippen molar-refractivity contribution < 1.29 is 8.42 Å². The zero-order valence-electron chi connectivity index (χ0n) is 15.2. The maximum Gasteiger partial charge on any atom is 0.261 e. The van der Waals surface area contributed by atoms with Crippen LogP contribution in [-0.4, -0.2) is 31.5 Å². The summed E-state index contributed by atoms with van der Waals surface area (Å²) in [4.78, 5) is 11.4. The number of aryl methyl sites for hydroxylation is 1. The van der Waals surface area contributed by atoms with E-state index in [0.717, 1.165) is 42.7 Å². The van der Waals surface area contributed by atoms with E-state index < -0.39 is 10.0 Å². The van der Waals surface area contributed by atoms with E-state index in [1.807, 2.05) is 13.0 Å². The van der Waals surface area contributed by atoms with Crippen molar-refractivity contribution in [3.63, 3.8) is 0 Å². The zero-order chi connectivity index (χ0) is 18.9. The molecule has 0 spiro atoms. The fourth-order valence-electron chi connectivity index (χ4n) is 3.42. The standard InChI is InChI=1S/C20H22N4O2S/c1-15-5-7-17(8-6-15)27(25,26)23-16-13-18-20(22-10-9-21-18)19(14-16)24-11-3-2-4-12-24/h5-10,13-14,23H,2-4,11-12H2,1H3. The number of rotatable bonds is 4. The summed E-state index contributed by atoms with van der Waals surface area (Å²) in [5, 5.41) is 0. The van der Waals surface area contributed by atoms with Gasteiger partial charge in [-0.25, -0.2) is 8.42 Å². The lowest BCUT2D eigenvalue weighted by Gasteiger charge is -2.29. The van der Waals surface area contributed by atoms with Gasteiger partial charge in [-0.05, 0) is 50.5 Å². The lowest BCUT2D eigenvalue weighted by molar-refractivity contribution is 0.579. The molecule has 1 N–H and O–H groups in total. The van der Waals surface area contributed by atoms with Crippen molar-refractivity contribution in [1.29, 1.82) is 0 Å². The maximum atomic E-state index is 12.8. The van der Waals surface area contributed by atoms with Crippen LogP contribution in [0.25, 0.3) is 11.0 Å². The molecular formula is C20H22N4O2S. The predicted molar refractivity (Wildman–Crippen MR) is 108 cm³/mol. The Morgan fingerprint density at radius 2 is 1.67 bits per heavy atom. The van der Waals surface area contributed by atoms with Gasteiger partial charge in [-0.15, -0.1) is 0 Å². The van der Waals surface area contributed by atoms with E-state index in [1.165, 1.54) is 6.42 Å². The number of hydrogen-bond acceptors (Lipinski definition) is 5. The van der Waals surface area contributed by atoms with E-state index >= 15 is 0 Å². The fourth-order valence-corrected chi connectivity index (χ4v) is 4.46. The van der Waals surface area contributed by atoms with Gasteiger partial charge in [0.15, 0.2) is 0 Å². The Balaban J connectivity index is 1.74. The number of nitrogens with zero attached hydrogens (tertiary/aromatic N) is 3. The number of anilines is 2. The van der Waals surface area contributed by atoms with Crippen molar-refractivity contribution in [3.05, 3.63) is 54.4 Å². The second kappa shape index (κ2) is 7.15. The molecule has 6 nitrogen and oxygen atoms in total. The third kappa shape index (κ3) is 3.73. The zero-order valence-corrected chi connectivity index (χ0v) is 16.0. The van der Waals surface area contributed by atoms with Crippen LogP contribution in [-0.2, 0) is 10.0 Å². The molecule has 27 heavy (non-hydrogen) atoms. The van der Waals surface area contributed by atoms with Crippen LogP contribution in [0.3, 0.4) is 0 Å². The van der Waals surface area contributed by atoms with E-state index in [2.05, 4.69) is 19.6 Å². The highest BCUT2D eigenvalue weighted by atomic mass is 32.2. The lowest BCUT2D eigenvalue weighted by atomic mass is 10.1. The van der Waals surface area contributed by atoms with Crippen LogP contribution < -0.4 is 9.62 Å². The van der Waals surface area contributed by atoms with Crippen LogP contribution in [0.1, 0.15) is 24.8 Å². The summed E-state index contributed by atoms with van der Waals surface area (Å²) in [6, 6.07) is 10.4. The highest BCUT2D eigenvalue weighted by Crippen LogP contribution is 2.31. The molecule has 1 aliphatic rings. The smallest absolute Gasteiger partial charge is 0.261 e. The molecule has 0 aliphatic carbocycles. The van der Waals surface area contributed by atoms with E-state index in [-0.39, 0.29) is 4.90 Å². The first kappa shape index (κ1) is 17.7. The second-order valence-electron chi connectivity index (χ2n) is 6.89. The summed E-state index contributed by atoms with van der Waals surface area (Å²) in [6.07, 6.45) is 6.77. The van der Waals surface area contributed by atoms with E-state index in [1.54, 1.807) is 42.7 Å². The molecule has 4 rings (SSSR count). The lowest BCUT2D eigenvalue weighted by Crippen LogP contribution is -2.29. The molecule has 1 saturated heterocycles. The van der Waals surface area contributed by atoms with Gasteiger partial charge in [-0.2, -0.15) is 0 Å². The van der Waals surface area contributed by atoms with Crippen LogP contribution in [0.4, 0.5) is 11.4 Å². The first-order valence-corrected chi connectivity index (χ1v) is 10.6. The molecular weight excluding hydrogens is 360 g/mol. The van der Waals surface area contributed by atoms with Gasteiger partial charge < -0.3 is 4.90 Å². The Morgan fingerprint density at radius 1 is 0.963 bits per heavy atom. The molecule has 0 bridgehead atoms. The molecule has 0 unspecified atom stereocenters. The highest BCUT2D eigenvalue weighted by molar-refractivity contribution is 7.92. The van der Waals surface area contributed by atoms with Gasteiger partial charge in [0.05, 0.1) is 21.8 Å². The molecule has 0 atom stereocenters. The van der Waals surface area contributed by atoms with Gasteiger partial charge in [0.2, 0.25) is 0 Å². The van der Waals surface area contributed by atoms with Crippen LogP contribution in [0.5, 0.6) is 0 Å². The fraction of sp³-hybridized carbons (Fsp3) is 0.300. The van der Waals surface area contributed by atoms with Crippen LogP contribution >= 0.6 is 0 Å². The monoisotopic (exact) mass is 382 g/mol. The van der Waals surface area contributed by atoms with Gasteiger partial charge in [-0.1, -0.05) is 17.7 Å². The Hall–Kier alpha value is -2.67. The predicted octanol–water partition coefficient (Wildman–Crippen LogP) is 3.73. The number of piperidine rings is 1. The average molecular weight is 382 g/mol. The minimum absolute atomic E-state index is 0.242. The van der Waals surface area contributed by atoms with E-state index in [0.29, 0.717) is 11.2 Å². The summed E-state index contributed by atoms with van der Waals surface area (Å²) < 4.78 is 28.3. The minimum Gasteiger partial charge on any atom is -0.370 e. The third-order valence-corrected chi connectivity index (χ3v) is 6.23. The second-order valence-corrected chi connectivity index (χ2v) is 8.57. The van der Waals surface area contributed by atoms with Crippen LogP contribution in [0, 0.1) is 6.92 Å². The summed E-state index contributed by atoms with van der Waals surface area (Å²) in [7, 11) is -3.66. The summed E-state index contributed by atoms with van der Waals surface area (Å²) in [6.45, 7) is 3.82. The molecule has 1 fully saturated rings. The van der Waals surface area contributed by atoms with Gasteiger partial charge in [0.25, 0.3) is 10.0 Å². The van der Waals surface area contributed by atoms with Crippen LogP contribution in [0.15, 0.2) is 53.7 Å². The van der Waals surface area contributed by atoms with Crippen molar-refractivity contribution in [2.75, 3.05) is 22.7 Å². The Kier molecular flexibility index (Phi) is 4.70. The van der Waals surface area contributed by atoms with Crippen molar-refractivity contribution >= 4 is 32.4 Å². The number of aromatic nitrogens is 2. The number of sulfonamides is 1. The SMILES string of the molecule is Cc1ccc(S(=O)(=O)Nc2cc(N3CCCCC3)c3nccnc3c2)cc1. The minimum atomic E-state index is -3.66. The molecule has 3 aromatic rings. The Morgan fingerprint density at radius 3 is 2.41 bits per heavy atom. The Labute approximate surface area is 159 Å². The normalized spacial score (nSPS) is 15.1. The van der Waals surface area contributed by atoms with Gasteiger partial charge in [0, 0.05) is 25.5 Å². The number of nitrogens with one attached hydrogen (secondary N) is 1. The first-order valence-electron chi connectivity index (χ1n) is 9.12. The molecule has 1 aromatic heterocycles. The molecule has 0 radical (unpaired) electrons. The molecule has 0 saturated carbocycles. The molecule has 2 aromatic carbocycles. The van der Waals surface area contributed by atoms with Crippen molar-refractivity contribution in [1.82, 2.24) is 9.97 Å². The molecule has 2 heterocycles. The largest absolute Gasteiger partial charge is 0.370 e. The Bertz CT molecular complexity index is 1060. The maximum absolute atomic E-state index is 12.8. The average Bonchev–Trinajstić information content (AvgIpc) is 2.68. The van der Waals surface area contributed by atoms with Gasteiger partial charge in [-0.3, -0.25) is 14.7 Å². The quantitative estimate of drug-likeness (QED) is 0.744. The summed E-state index contributed by atoms with van der Waals surface area (Å²) >= 11 is 0. The highest BCUT2D eigenvalue weighted by Gasteiger charge is 2.19.